The lowest BCUT2D eigenvalue weighted by Crippen LogP contribution is -1.88. The minimum absolute atomic E-state index is 0.908. The molecule has 0 bridgehead atoms. The summed E-state index contributed by atoms with van der Waals surface area (Å²) in [6.45, 7) is 0. The van der Waals surface area contributed by atoms with Crippen molar-refractivity contribution >= 4 is 27.8 Å². The average molecular weight is 251 g/mol. The number of nitrogens with zero attached hydrogens (tertiary/aromatic N) is 3. The van der Waals surface area contributed by atoms with E-state index in [9.17, 15) is 0 Å². The van der Waals surface area contributed by atoms with Gasteiger partial charge in [-0.2, -0.15) is 0 Å². The average Bonchev–Trinajstić information content (AvgIpc) is 3.07. The van der Waals surface area contributed by atoms with Crippen LogP contribution in [0.3, 0.4) is 0 Å². The summed E-state index contributed by atoms with van der Waals surface area (Å²) in [7, 11) is 0. The molecule has 0 radical (unpaired) electrons. The largest absolute Gasteiger partial charge is 0.281 e. The van der Waals surface area contributed by atoms with Crippen molar-refractivity contribution < 1.29 is 0 Å². The van der Waals surface area contributed by atoms with Crippen molar-refractivity contribution in [1.29, 1.82) is 0 Å². The topological polar surface area (TPSA) is 30.2 Å². The number of fused-ring (bicyclic) bond motifs is 3. The Morgan fingerprint density at radius 1 is 0.944 bits per heavy atom. The van der Waals surface area contributed by atoms with Gasteiger partial charge in [0.1, 0.15) is 0 Å². The summed E-state index contributed by atoms with van der Waals surface area (Å²) < 4.78 is 2.05. The van der Waals surface area contributed by atoms with E-state index in [1.165, 1.54) is 5.39 Å². The second kappa shape index (κ2) is 3.65. The van der Waals surface area contributed by atoms with Crippen molar-refractivity contribution in [3.63, 3.8) is 0 Å². The normalized spacial score (nSPS) is 11.3. The maximum Gasteiger partial charge on any atom is 0.178 e. The van der Waals surface area contributed by atoms with Crippen molar-refractivity contribution in [2.75, 3.05) is 0 Å². The SMILES string of the molecule is c1csc(-c2nnc3c4ccccc4ccn23)c1. The summed E-state index contributed by atoms with van der Waals surface area (Å²) >= 11 is 1.68. The molecule has 0 aliphatic carbocycles. The number of hydrogen-bond acceptors (Lipinski definition) is 3. The lowest BCUT2D eigenvalue weighted by Gasteiger charge is -2.00. The van der Waals surface area contributed by atoms with Crippen LogP contribution in [0.2, 0.25) is 0 Å². The van der Waals surface area contributed by atoms with Crippen molar-refractivity contribution in [2.24, 2.45) is 0 Å². The zero-order valence-electron chi connectivity index (χ0n) is 9.45. The van der Waals surface area contributed by atoms with Crippen LogP contribution in [0.1, 0.15) is 0 Å². The molecule has 18 heavy (non-hydrogen) atoms. The first-order valence-electron chi connectivity index (χ1n) is 5.70. The molecule has 3 aromatic heterocycles. The standard InChI is InChI=1S/C14H9N3S/c1-2-5-11-10(4-1)7-8-17-13(11)15-16-14(17)12-6-3-9-18-12/h1-9H. The molecule has 3 nitrogen and oxygen atoms in total. The van der Waals surface area contributed by atoms with Crippen LogP contribution in [0.15, 0.2) is 54.0 Å². The maximum atomic E-state index is 4.32. The monoisotopic (exact) mass is 251 g/mol. The van der Waals surface area contributed by atoms with Crippen molar-refractivity contribution in [2.45, 2.75) is 0 Å². The van der Waals surface area contributed by atoms with Gasteiger partial charge in [0, 0.05) is 11.6 Å². The Bertz CT molecular complexity index is 831. The van der Waals surface area contributed by atoms with Gasteiger partial charge in [0.05, 0.1) is 4.88 Å². The van der Waals surface area contributed by atoms with Gasteiger partial charge in [0.25, 0.3) is 0 Å². The van der Waals surface area contributed by atoms with Gasteiger partial charge in [-0.05, 0) is 22.9 Å². The summed E-state index contributed by atoms with van der Waals surface area (Å²) in [6.07, 6.45) is 2.03. The van der Waals surface area contributed by atoms with E-state index in [1.807, 2.05) is 28.8 Å². The number of pyridine rings is 1. The van der Waals surface area contributed by atoms with Crippen LogP contribution >= 0.6 is 11.3 Å². The third-order valence-electron chi connectivity index (χ3n) is 3.04. The van der Waals surface area contributed by atoms with E-state index in [0.29, 0.717) is 0 Å². The van der Waals surface area contributed by atoms with Crippen molar-refractivity contribution in [3.05, 3.63) is 54.0 Å². The fourth-order valence-electron chi connectivity index (χ4n) is 2.19. The molecule has 0 amide bonds. The Labute approximate surface area is 107 Å². The highest BCUT2D eigenvalue weighted by Crippen LogP contribution is 2.26. The highest BCUT2D eigenvalue weighted by molar-refractivity contribution is 7.13. The third-order valence-corrected chi connectivity index (χ3v) is 3.91. The summed E-state index contributed by atoms with van der Waals surface area (Å²) in [5, 5.41) is 13.0. The molecule has 0 atom stereocenters. The van der Waals surface area contributed by atoms with Crippen LogP contribution in [0, 0.1) is 0 Å². The number of rotatable bonds is 1. The van der Waals surface area contributed by atoms with Gasteiger partial charge in [-0.25, -0.2) is 0 Å². The predicted molar refractivity (Wildman–Crippen MR) is 73.8 cm³/mol. The first-order valence-corrected chi connectivity index (χ1v) is 6.58. The van der Waals surface area contributed by atoms with Crippen LogP contribution < -0.4 is 0 Å². The molecule has 4 aromatic rings. The first-order chi connectivity index (χ1) is 8.93. The number of aromatic nitrogens is 3. The smallest absolute Gasteiger partial charge is 0.178 e. The van der Waals surface area contributed by atoms with E-state index in [4.69, 9.17) is 0 Å². The molecule has 0 N–H and O–H groups in total. The molecule has 4 heteroatoms. The van der Waals surface area contributed by atoms with Crippen LogP contribution in [0.25, 0.3) is 27.1 Å². The van der Waals surface area contributed by atoms with Gasteiger partial charge in [-0.1, -0.05) is 30.3 Å². The van der Waals surface area contributed by atoms with Gasteiger partial charge in [-0.3, -0.25) is 4.40 Å². The predicted octanol–water partition coefficient (Wildman–Crippen LogP) is 3.61. The van der Waals surface area contributed by atoms with E-state index in [1.54, 1.807) is 11.3 Å². The molecule has 86 valence electrons. The zero-order chi connectivity index (χ0) is 11.9. The van der Waals surface area contributed by atoms with E-state index in [0.717, 1.165) is 21.7 Å². The summed E-state index contributed by atoms with van der Waals surface area (Å²) in [5.74, 6) is 0.908. The van der Waals surface area contributed by atoms with Gasteiger partial charge >= 0.3 is 0 Å². The Kier molecular flexibility index (Phi) is 1.98. The lowest BCUT2D eigenvalue weighted by molar-refractivity contribution is 1.12. The molecule has 4 rings (SSSR count). The maximum absolute atomic E-state index is 4.32. The Morgan fingerprint density at radius 3 is 2.78 bits per heavy atom. The summed E-state index contributed by atoms with van der Waals surface area (Å²) in [5.41, 5.74) is 0.913. The molecule has 0 saturated carbocycles. The minimum Gasteiger partial charge on any atom is -0.281 e. The molecule has 3 heterocycles. The molecule has 0 aliphatic heterocycles. The second-order valence-corrected chi connectivity index (χ2v) is 5.05. The minimum atomic E-state index is 0.908. The molecule has 0 fully saturated rings. The lowest BCUT2D eigenvalue weighted by atomic mass is 10.2. The molecule has 0 aliphatic rings. The molecule has 0 unspecified atom stereocenters. The van der Waals surface area contributed by atoms with Crippen LogP contribution in [-0.4, -0.2) is 14.6 Å². The fraction of sp³-hybridized carbons (Fsp3) is 0. The van der Waals surface area contributed by atoms with Crippen LogP contribution in [0.4, 0.5) is 0 Å². The third kappa shape index (κ3) is 1.29. The number of thiophene rings is 1. The Balaban J connectivity index is 2.12. The summed E-state index contributed by atoms with van der Waals surface area (Å²) in [4.78, 5) is 1.14. The van der Waals surface area contributed by atoms with E-state index in [-0.39, 0.29) is 0 Å². The van der Waals surface area contributed by atoms with Crippen LogP contribution in [-0.2, 0) is 0 Å². The van der Waals surface area contributed by atoms with Gasteiger partial charge in [0.15, 0.2) is 11.5 Å². The molecule has 0 saturated heterocycles. The highest BCUT2D eigenvalue weighted by Gasteiger charge is 2.10. The van der Waals surface area contributed by atoms with Gasteiger partial charge in [0.2, 0.25) is 0 Å². The molecule has 1 aromatic carbocycles. The van der Waals surface area contributed by atoms with E-state index >= 15 is 0 Å². The Morgan fingerprint density at radius 2 is 1.89 bits per heavy atom. The van der Waals surface area contributed by atoms with Crippen molar-refractivity contribution in [3.8, 4) is 10.7 Å². The number of hydrogen-bond donors (Lipinski definition) is 0. The molecular weight excluding hydrogens is 242 g/mol. The molecular formula is C14H9N3S. The fourth-order valence-corrected chi connectivity index (χ4v) is 2.90. The first kappa shape index (κ1) is 9.79. The summed E-state index contributed by atoms with van der Waals surface area (Å²) in [6, 6.07) is 14.4. The zero-order valence-corrected chi connectivity index (χ0v) is 10.3. The quantitative estimate of drug-likeness (QED) is 0.517. The highest BCUT2D eigenvalue weighted by atomic mass is 32.1. The molecule has 0 spiro atoms. The van der Waals surface area contributed by atoms with E-state index in [2.05, 4.69) is 39.8 Å². The van der Waals surface area contributed by atoms with Gasteiger partial charge < -0.3 is 0 Å². The number of benzene rings is 1. The van der Waals surface area contributed by atoms with Gasteiger partial charge in [-0.15, -0.1) is 21.5 Å². The Hall–Kier alpha value is -2.20. The van der Waals surface area contributed by atoms with E-state index < -0.39 is 0 Å². The second-order valence-electron chi connectivity index (χ2n) is 4.10. The van der Waals surface area contributed by atoms with Crippen molar-refractivity contribution in [1.82, 2.24) is 14.6 Å². The van der Waals surface area contributed by atoms with Crippen LogP contribution in [0.5, 0.6) is 0 Å².